The van der Waals surface area contributed by atoms with Gasteiger partial charge in [-0.1, -0.05) is 18.2 Å². The first kappa shape index (κ1) is 15.0. The minimum atomic E-state index is -0.936. The number of rotatable bonds is 5. The Labute approximate surface area is 122 Å². The van der Waals surface area contributed by atoms with Crippen molar-refractivity contribution in [2.75, 3.05) is 12.0 Å². The lowest BCUT2D eigenvalue weighted by atomic mass is 10.1. The molecule has 0 bridgehead atoms. The quantitative estimate of drug-likeness (QED) is 0.664. The van der Waals surface area contributed by atoms with Crippen molar-refractivity contribution in [2.45, 2.75) is 13.8 Å². The predicted molar refractivity (Wildman–Crippen MR) is 79.9 cm³/mol. The average Bonchev–Trinajstić information content (AvgIpc) is 2.51. The highest BCUT2D eigenvalue weighted by Gasteiger charge is 2.15. The molecule has 0 heterocycles. The minimum absolute atomic E-state index is 0.0324. The molecule has 110 valence electrons. The van der Waals surface area contributed by atoms with Gasteiger partial charge in [0, 0.05) is 11.1 Å². The molecule has 0 fully saturated rings. The van der Waals surface area contributed by atoms with Gasteiger partial charge in [-0.15, -0.1) is 0 Å². The first-order valence-electron chi connectivity index (χ1n) is 6.59. The number of para-hydroxylation sites is 1. The van der Waals surface area contributed by atoms with E-state index in [2.05, 4.69) is 10.5 Å². The third kappa shape index (κ3) is 3.56. The number of anilines is 1. The van der Waals surface area contributed by atoms with E-state index in [-0.39, 0.29) is 11.1 Å². The number of hydrogen-bond acceptors (Lipinski definition) is 3. The zero-order chi connectivity index (χ0) is 15.2. The van der Waals surface area contributed by atoms with Gasteiger partial charge in [0.2, 0.25) is 0 Å². The van der Waals surface area contributed by atoms with E-state index in [9.17, 15) is 8.78 Å². The number of hydrogen-bond donors (Lipinski definition) is 1. The molecule has 3 nitrogen and oxygen atoms in total. The summed E-state index contributed by atoms with van der Waals surface area (Å²) in [4.78, 5) is 0. The number of halogens is 2. The summed E-state index contributed by atoms with van der Waals surface area (Å²) in [7, 11) is 0. The summed E-state index contributed by atoms with van der Waals surface area (Å²) in [5, 5.41) is 3.91. The SMILES string of the molecule is CCOc1cc(C=NNc2ccccc2)c(F)c(F)c1C. The van der Waals surface area contributed by atoms with Crippen LogP contribution in [0.3, 0.4) is 0 Å². The van der Waals surface area contributed by atoms with E-state index < -0.39 is 11.6 Å². The fourth-order valence-electron chi connectivity index (χ4n) is 1.80. The van der Waals surface area contributed by atoms with Crippen LogP contribution in [0.15, 0.2) is 41.5 Å². The molecule has 0 amide bonds. The molecule has 0 aliphatic rings. The lowest BCUT2D eigenvalue weighted by Gasteiger charge is -2.10. The second-order valence-electron chi connectivity index (χ2n) is 4.39. The minimum Gasteiger partial charge on any atom is -0.493 e. The second-order valence-corrected chi connectivity index (χ2v) is 4.39. The van der Waals surface area contributed by atoms with Crippen LogP contribution in [0.1, 0.15) is 18.1 Å². The van der Waals surface area contributed by atoms with Crippen molar-refractivity contribution in [3.8, 4) is 5.75 Å². The topological polar surface area (TPSA) is 33.6 Å². The molecule has 0 saturated heterocycles. The van der Waals surface area contributed by atoms with Crippen LogP contribution in [-0.2, 0) is 0 Å². The van der Waals surface area contributed by atoms with Gasteiger partial charge in [-0.25, -0.2) is 8.78 Å². The lowest BCUT2D eigenvalue weighted by molar-refractivity contribution is 0.333. The number of ether oxygens (including phenoxy) is 1. The summed E-state index contributed by atoms with van der Waals surface area (Å²) < 4.78 is 32.9. The Hall–Kier alpha value is -2.43. The van der Waals surface area contributed by atoms with E-state index in [1.54, 1.807) is 6.92 Å². The van der Waals surface area contributed by atoms with Gasteiger partial charge >= 0.3 is 0 Å². The van der Waals surface area contributed by atoms with Gasteiger partial charge in [0.1, 0.15) is 5.75 Å². The Bertz CT molecular complexity index is 642. The summed E-state index contributed by atoms with van der Waals surface area (Å²) in [6, 6.07) is 10.6. The molecule has 0 radical (unpaired) electrons. The highest BCUT2D eigenvalue weighted by Crippen LogP contribution is 2.25. The Morgan fingerprint density at radius 3 is 2.57 bits per heavy atom. The molecular formula is C16H16F2N2O. The predicted octanol–water partition coefficient (Wildman–Crippen LogP) is 4.12. The number of hydrazone groups is 1. The molecule has 2 aromatic carbocycles. The highest BCUT2D eigenvalue weighted by atomic mass is 19.2. The third-order valence-corrected chi connectivity index (χ3v) is 2.90. The number of nitrogens with one attached hydrogen (secondary N) is 1. The fourth-order valence-corrected chi connectivity index (χ4v) is 1.80. The molecule has 0 aliphatic carbocycles. The van der Waals surface area contributed by atoms with Crippen molar-refractivity contribution in [2.24, 2.45) is 5.10 Å². The molecule has 0 atom stereocenters. The second kappa shape index (κ2) is 6.83. The number of benzene rings is 2. The Morgan fingerprint density at radius 1 is 1.19 bits per heavy atom. The molecule has 5 heteroatoms. The van der Waals surface area contributed by atoms with Crippen LogP contribution in [-0.4, -0.2) is 12.8 Å². The van der Waals surface area contributed by atoms with E-state index in [0.717, 1.165) is 5.69 Å². The monoisotopic (exact) mass is 290 g/mol. The van der Waals surface area contributed by atoms with Crippen LogP contribution in [0.25, 0.3) is 0 Å². The zero-order valence-corrected chi connectivity index (χ0v) is 11.9. The van der Waals surface area contributed by atoms with E-state index in [1.165, 1.54) is 19.2 Å². The Morgan fingerprint density at radius 2 is 1.90 bits per heavy atom. The van der Waals surface area contributed by atoms with Crippen molar-refractivity contribution in [1.29, 1.82) is 0 Å². The lowest BCUT2D eigenvalue weighted by Crippen LogP contribution is -2.03. The summed E-state index contributed by atoms with van der Waals surface area (Å²) in [6.45, 7) is 3.64. The van der Waals surface area contributed by atoms with Crippen molar-refractivity contribution in [3.63, 3.8) is 0 Å². The molecule has 0 unspecified atom stereocenters. The van der Waals surface area contributed by atoms with E-state index in [4.69, 9.17) is 4.74 Å². The normalized spacial score (nSPS) is 10.9. The molecule has 0 aliphatic heterocycles. The van der Waals surface area contributed by atoms with Gasteiger partial charge in [-0.2, -0.15) is 5.10 Å². The van der Waals surface area contributed by atoms with Crippen LogP contribution in [0.2, 0.25) is 0 Å². The van der Waals surface area contributed by atoms with Crippen molar-refractivity contribution in [3.05, 3.63) is 59.2 Å². The molecule has 2 aromatic rings. The number of nitrogens with zero attached hydrogens (tertiary/aromatic N) is 1. The van der Waals surface area contributed by atoms with Crippen molar-refractivity contribution < 1.29 is 13.5 Å². The molecule has 2 rings (SSSR count). The van der Waals surface area contributed by atoms with Crippen LogP contribution in [0, 0.1) is 18.6 Å². The van der Waals surface area contributed by atoms with Gasteiger partial charge < -0.3 is 4.74 Å². The maximum Gasteiger partial charge on any atom is 0.168 e. The molecule has 21 heavy (non-hydrogen) atoms. The fraction of sp³-hybridized carbons (Fsp3) is 0.188. The summed E-state index contributed by atoms with van der Waals surface area (Å²) in [5.74, 6) is -1.53. The van der Waals surface area contributed by atoms with Crippen molar-refractivity contribution in [1.82, 2.24) is 0 Å². The summed E-state index contributed by atoms with van der Waals surface area (Å²) >= 11 is 0. The van der Waals surface area contributed by atoms with E-state index in [1.807, 2.05) is 30.3 Å². The highest BCUT2D eigenvalue weighted by molar-refractivity contribution is 5.81. The van der Waals surface area contributed by atoms with Gasteiger partial charge in [0.05, 0.1) is 18.5 Å². The Balaban J connectivity index is 2.23. The average molecular weight is 290 g/mol. The molecule has 0 saturated carbocycles. The van der Waals surface area contributed by atoms with Gasteiger partial charge in [-0.3, -0.25) is 5.43 Å². The Kier molecular flexibility index (Phi) is 4.87. The summed E-state index contributed by atoms with van der Waals surface area (Å²) in [6.07, 6.45) is 1.23. The molecular weight excluding hydrogens is 274 g/mol. The molecule has 1 N–H and O–H groups in total. The van der Waals surface area contributed by atoms with Crippen LogP contribution >= 0.6 is 0 Å². The van der Waals surface area contributed by atoms with Gasteiger partial charge in [0.15, 0.2) is 11.6 Å². The summed E-state index contributed by atoms with van der Waals surface area (Å²) in [5.41, 5.74) is 3.69. The smallest absolute Gasteiger partial charge is 0.168 e. The largest absolute Gasteiger partial charge is 0.493 e. The maximum atomic E-state index is 13.9. The first-order valence-corrected chi connectivity index (χ1v) is 6.59. The van der Waals surface area contributed by atoms with Gasteiger partial charge in [-0.05, 0) is 32.0 Å². The zero-order valence-electron chi connectivity index (χ0n) is 11.9. The van der Waals surface area contributed by atoms with E-state index in [0.29, 0.717) is 12.4 Å². The molecule has 0 spiro atoms. The van der Waals surface area contributed by atoms with Crippen LogP contribution in [0.5, 0.6) is 5.75 Å². The van der Waals surface area contributed by atoms with E-state index >= 15 is 0 Å². The molecule has 0 aromatic heterocycles. The van der Waals surface area contributed by atoms with Crippen LogP contribution in [0.4, 0.5) is 14.5 Å². The van der Waals surface area contributed by atoms with Gasteiger partial charge in [0.25, 0.3) is 0 Å². The van der Waals surface area contributed by atoms with Crippen molar-refractivity contribution >= 4 is 11.9 Å². The standard InChI is InChI=1S/C16H16F2N2O/c1-3-21-14-9-12(16(18)15(17)11(14)2)10-19-20-13-7-5-4-6-8-13/h4-10,20H,3H2,1-2H3. The van der Waals surface area contributed by atoms with Crippen LogP contribution < -0.4 is 10.2 Å². The third-order valence-electron chi connectivity index (χ3n) is 2.90. The first-order chi connectivity index (χ1) is 10.1. The maximum absolute atomic E-state index is 13.9.